The lowest BCUT2D eigenvalue weighted by Gasteiger charge is -2.04. The molecule has 2 aromatic carbocycles. The number of carbonyl (C=O) groups excluding carboxylic acids is 1. The van der Waals surface area contributed by atoms with Gasteiger partial charge in [-0.2, -0.15) is 0 Å². The average Bonchev–Trinajstić information content (AvgIpc) is 2.61. The highest BCUT2D eigenvalue weighted by Gasteiger charge is 2.04. The first-order valence-corrected chi connectivity index (χ1v) is 9.41. The van der Waals surface area contributed by atoms with Crippen LogP contribution >= 0.6 is 0 Å². The fourth-order valence-corrected chi connectivity index (χ4v) is 2.20. The molecule has 0 aliphatic heterocycles. The van der Waals surface area contributed by atoms with Gasteiger partial charge in [-0.3, -0.25) is 4.79 Å². The van der Waals surface area contributed by atoms with Gasteiger partial charge in [0.05, 0.1) is 5.56 Å². The summed E-state index contributed by atoms with van der Waals surface area (Å²) >= 11 is -1.39. The molecule has 6 heteroatoms. The van der Waals surface area contributed by atoms with E-state index in [-0.39, 0.29) is 5.82 Å². The monoisotopic (exact) mass is 367 g/mol. The van der Waals surface area contributed by atoms with Crippen molar-refractivity contribution in [3.05, 3.63) is 65.0 Å². The predicted octanol–water partition coefficient (Wildman–Crippen LogP) is 4.05. The highest BCUT2D eigenvalue weighted by Crippen LogP contribution is 2.18. The molecule has 1 atom stereocenters. The lowest BCUT2D eigenvalue weighted by molar-refractivity contribution is 0.112. The summed E-state index contributed by atoms with van der Waals surface area (Å²) < 4.78 is 28.4. The molecule has 0 aliphatic carbocycles. The topological polar surface area (TPSA) is 55.4 Å². The Kier molecular flexibility index (Phi) is 12.2. The summed E-state index contributed by atoms with van der Waals surface area (Å²) in [6, 6.07) is 11.9. The average molecular weight is 367 g/mol. The maximum absolute atomic E-state index is 12.7. The Balaban J connectivity index is 0.000000430. The standard InChI is InChI=1S/C9H10O3S.C8H10FN.C2H6/c1-7-3-4-9(12-13(2)11)8(5-7)6-10;1-10-6-7-4-2-3-5-8(7)9;1-2/h3-6H,1-2H3;2-5,10H,6H2,1H3;1-2H3. The van der Waals surface area contributed by atoms with Crippen molar-refractivity contribution in [2.45, 2.75) is 27.3 Å². The number of benzene rings is 2. The van der Waals surface area contributed by atoms with Gasteiger partial charge >= 0.3 is 0 Å². The van der Waals surface area contributed by atoms with Crippen LogP contribution in [-0.4, -0.2) is 23.8 Å². The summed E-state index contributed by atoms with van der Waals surface area (Å²) in [5, 5.41) is 2.88. The van der Waals surface area contributed by atoms with E-state index < -0.39 is 11.1 Å². The van der Waals surface area contributed by atoms with Gasteiger partial charge < -0.3 is 9.50 Å². The maximum atomic E-state index is 12.7. The van der Waals surface area contributed by atoms with Crippen molar-refractivity contribution in [3.8, 4) is 5.75 Å². The largest absolute Gasteiger partial charge is 0.400 e. The first kappa shape index (κ1) is 22.9. The molecular formula is C19H26FNO3S. The zero-order chi connectivity index (χ0) is 19.2. The molecule has 0 aliphatic rings. The molecule has 0 radical (unpaired) electrons. The van der Waals surface area contributed by atoms with Crippen LogP contribution in [0.1, 0.15) is 35.3 Å². The zero-order valence-electron chi connectivity index (χ0n) is 15.3. The van der Waals surface area contributed by atoms with E-state index >= 15 is 0 Å². The van der Waals surface area contributed by atoms with Crippen LogP contribution in [0.5, 0.6) is 5.75 Å². The third-order valence-corrected chi connectivity index (χ3v) is 3.24. The minimum atomic E-state index is -1.39. The fraction of sp³-hybridized carbons (Fsp3) is 0.316. The first-order valence-electron chi connectivity index (χ1n) is 7.93. The summed E-state index contributed by atoms with van der Waals surface area (Å²) in [6.07, 6.45) is 2.10. The van der Waals surface area contributed by atoms with E-state index in [4.69, 9.17) is 4.18 Å². The molecule has 0 bridgehead atoms. The molecule has 4 nitrogen and oxygen atoms in total. The highest BCUT2D eigenvalue weighted by molar-refractivity contribution is 7.79. The molecule has 0 spiro atoms. The summed E-state index contributed by atoms with van der Waals surface area (Å²) in [6.45, 7) is 6.46. The van der Waals surface area contributed by atoms with Crippen molar-refractivity contribution in [3.63, 3.8) is 0 Å². The summed E-state index contributed by atoms with van der Waals surface area (Å²) in [5.41, 5.74) is 2.11. The number of carbonyl (C=O) groups is 1. The van der Waals surface area contributed by atoms with Gasteiger partial charge in [-0.1, -0.05) is 43.7 Å². The van der Waals surface area contributed by atoms with E-state index in [0.29, 0.717) is 29.7 Å². The molecule has 2 aromatic rings. The Morgan fingerprint density at radius 2 is 1.84 bits per heavy atom. The van der Waals surface area contributed by atoms with Gasteiger partial charge in [-0.05, 0) is 32.2 Å². The number of hydrogen-bond donors (Lipinski definition) is 1. The van der Waals surface area contributed by atoms with Crippen molar-refractivity contribution in [2.75, 3.05) is 13.3 Å². The number of halogens is 1. The van der Waals surface area contributed by atoms with Crippen molar-refractivity contribution < 1.29 is 17.6 Å². The van der Waals surface area contributed by atoms with Gasteiger partial charge in [0.1, 0.15) is 5.82 Å². The first-order chi connectivity index (χ1) is 12.0. The zero-order valence-corrected chi connectivity index (χ0v) is 16.2. The van der Waals surface area contributed by atoms with Crippen LogP contribution in [-0.2, 0) is 17.6 Å². The molecule has 138 valence electrons. The van der Waals surface area contributed by atoms with Gasteiger partial charge in [0, 0.05) is 18.4 Å². The molecule has 25 heavy (non-hydrogen) atoms. The van der Waals surface area contributed by atoms with Gasteiger partial charge in [-0.15, -0.1) is 0 Å². The van der Waals surface area contributed by atoms with E-state index in [2.05, 4.69) is 5.32 Å². The number of hydrogen-bond acceptors (Lipinski definition) is 4. The second-order valence-electron chi connectivity index (χ2n) is 4.77. The lowest BCUT2D eigenvalue weighted by atomic mass is 10.1. The van der Waals surface area contributed by atoms with E-state index in [1.165, 1.54) is 12.3 Å². The van der Waals surface area contributed by atoms with Crippen LogP contribution in [0.2, 0.25) is 0 Å². The minimum Gasteiger partial charge on any atom is -0.400 e. The Labute approximate surface area is 152 Å². The number of aryl methyl sites for hydroxylation is 1. The molecule has 0 saturated carbocycles. The van der Waals surface area contributed by atoms with Crippen molar-refractivity contribution in [2.24, 2.45) is 0 Å². The third kappa shape index (κ3) is 9.12. The summed E-state index contributed by atoms with van der Waals surface area (Å²) in [5.74, 6) is 0.221. The number of nitrogens with one attached hydrogen (secondary N) is 1. The van der Waals surface area contributed by atoms with Crippen molar-refractivity contribution in [1.82, 2.24) is 5.32 Å². The van der Waals surface area contributed by atoms with Gasteiger partial charge in [0.25, 0.3) is 0 Å². The summed E-state index contributed by atoms with van der Waals surface area (Å²) in [7, 11) is 1.80. The second kappa shape index (κ2) is 13.3. The van der Waals surface area contributed by atoms with Crippen molar-refractivity contribution in [1.29, 1.82) is 0 Å². The summed E-state index contributed by atoms with van der Waals surface area (Å²) in [4.78, 5) is 10.6. The SMILES string of the molecule is CC.CNCc1ccccc1F.Cc1ccc(OS(C)=O)c(C=O)c1. The van der Waals surface area contributed by atoms with Crippen LogP contribution in [0.3, 0.4) is 0 Å². The van der Waals surface area contributed by atoms with Crippen LogP contribution in [0.4, 0.5) is 4.39 Å². The third-order valence-electron chi connectivity index (χ3n) is 2.82. The minimum absolute atomic E-state index is 0.142. The van der Waals surface area contributed by atoms with Crippen LogP contribution < -0.4 is 9.50 Å². The van der Waals surface area contributed by atoms with E-state index in [0.717, 1.165) is 5.56 Å². The van der Waals surface area contributed by atoms with E-state index in [1.54, 1.807) is 37.4 Å². The quantitative estimate of drug-likeness (QED) is 0.810. The highest BCUT2D eigenvalue weighted by atomic mass is 32.2. The second-order valence-corrected chi connectivity index (χ2v) is 5.73. The van der Waals surface area contributed by atoms with E-state index in [1.807, 2.05) is 26.8 Å². The Bertz CT molecular complexity index is 677. The van der Waals surface area contributed by atoms with Crippen LogP contribution in [0.25, 0.3) is 0 Å². The molecule has 0 aromatic heterocycles. The molecule has 1 unspecified atom stereocenters. The predicted molar refractivity (Wildman–Crippen MR) is 102 cm³/mol. The van der Waals surface area contributed by atoms with Crippen LogP contribution in [0, 0.1) is 12.7 Å². The van der Waals surface area contributed by atoms with E-state index in [9.17, 15) is 13.4 Å². The number of rotatable bonds is 5. The lowest BCUT2D eigenvalue weighted by Crippen LogP contribution is -2.06. The molecule has 0 amide bonds. The molecule has 0 heterocycles. The molecule has 0 fully saturated rings. The molecular weight excluding hydrogens is 341 g/mol. The Morgan fingerprint density at radius 3 is 2.36 bits per heavy atom. The Morgan fingerprint density at radius 1 is 1.20 bits per heavy atom. The molecule has 2 rings (SSSR count). The van der Waals surface area contributed by atoms with Gasteiger partial charge in [-0.25, -0.2) is 8.60 Å². The number of aldehydes is 1. The van der Waals surface area contributed by atoms with Crippen molar-refractivity contribution >= 4 is 17.4 Å². The molecule has 0 saturated heterocycles. The normalized spacial score (nSPS) is 10.5. The Hall–Kier alpha value is -2.05. The van der Waals surface area contributed by atoms with Crippen LogP contribution in [0.15, 0.2) is 42.5 Å². The molecule has 1 N–H and O–H groups in total. The van der Waals surface area contributed by atoms with Gasteiger partial charge in [0.15, 0.2) is 12.0 Å². The maximum Gasteiger partial charge on any atom is 0.203 e. The van der Waals surface area contributed by atoms with Gasteiger partial charge in [0.2, 0.25) is 11.1 Å². The fourth-order valence-electron chi connectivity index (χ4n) is 1.79. The smallest absolute Gasteiger partial charge is 0.203 e.